The van der Waals surface area contributed by atoms with Crippen molar-refractivity contribution < 1.29 is 4.52 Å². The van der Waals surface area contributed by atoms with Crippen LogP contribution >= 0.6 is 11.6 Å². The Morgan fingerprint density at radius 2 is 2.14 bits per heavy atom. The molecule has 0 atom stereocenters. The summed E-state index contributed by atoms with van der Waals surface area (Å²) in [4.78, 5) is 0. The fourth-order valence-electron chi connectivity index (χ4n) is 1.24. The Morgan fingerprint density at radius 1 is 1.36 bits per heavy atom. The standard InChI is InChI=1S/C10H9ClN2O/c1-6-2-3-7(8(11)4-6)9-5-10(12)14-13-9/h2-5H,12H2,1H3. The molecule has 0 saturated carbocycles. The van der Waals surface area contributed by atoms with Gasteiger partial charge in [0.05, 0.1) is 5.02 Å². The van der Waals surface area contributed by atoms with Gasteiger partial charge in [0.1, 0.15) is 5.69 Å². The van der Waals surface area contributed by atoms with Crippen molar-refractivity contribution in [3.63, 3.8) is 0 Å². The first kappa shape index (κ1) is 9.09. The zero-order chi connectivity index (χ0) is 10.1. The molecule has 1 heterocycles. The van der Waals surface area contributed by atoms with Crippen molar-refractivity contribution in [1.29, 1.82) is 0 Å². The number of aromatic nitrogens is 1. The number of halogens is 1. The number of hydrogen-bond acceptors (Lipinski definition) is 3. The van der Waals surface area contributed by atoms with Crippen LogP contribution < -0.4 is 5.73 Å². The summed E-state index contributed by atoms with van der Waals surface area (Å²) in [5.41, 5.74) is 8.02. The number of anilines is 1. The molecular formula is C10H9ClN2O. The minimum absolute atomic E-state index is 0.289. The third-order valence-electron chi connectivity index (χ3n) is 1.93. The van der Waals surface area contributed by atoms with Gasteiger partial charge in [-0.05, 0) is 18.6 Å². The molecule has 0 fully saturated rings. The van der Waals surface area contributed by atoms with Crippen LogP contribution in [-0.4, -0.2) is 5.16 Å². The van der Waals surface area contributed by atoms with Crippen LogP contribution in [-0.2, 0) is 0 Å². The first-order valence-electron chi connectivity index (χ1n) is 4.15. The summed E-state index contributed by atoms with van der Waals surface area (Å²) >= 11 is 6.05. The average molecular weight is 209 g/mol. The lowest BCUT2D eigenvalue weighted by molar-refractivity contribution is 0.439. The minimum Gasteiger partial charge on any atom is -0.368 e. The quantitative estimate of drug-likeness (QED) is 0.784. The van der Waals surface area contributed by atoms with E-state index in [1.165, 1.54) is 0 Å². The number of nitrogens with two attached hydrogens (primary N) is 1. The summed E-state index contributed by atoms with van der Waals surface area (Å²) in [5, 5.41) is 4.44. The Labute approximate surface area is 86.5 Å². The molecule has 0 aliphatic heterocycles. The predicted molar refractivity (Wildman–Crippen MR) is 56.1 cm³/mol. The van der Waals surface area contributed by atoms with Gasteiger partial charge in [0, 0.05) is 11.6 Å². The van der Waals surface area contributed by atoms with Crippen molar-refractivity contribution >= 4 is 17.5 Å². The van der Waals surface area contributed by atoms with E-state index >= 15 is 0 Å². The molecule has 2 aromatic rings. The van der Waals surface area contributed by atoms with Gasteiger partial charge >= 0.3 is 0 Å². The lowest BCUT2D eigenvalue weighted by atomic mass is 10.1. The molecule has 0 saturated heterocycles. The Kier molecular flexibility index (Phi) is 2.17. The highest BCUT2D eigenvalue weighted by molar-refractivity contribution is 6.33. The zero-order valence-electron chi connectivity index (χ0n) is 7.62. The van der Waals surface area contributed by atoms with Crippen molar-refractivity contribution in [2.45, 2.75) is 6.92 Å². The summed E-state index contributed by atoms with van der Waals surface area (Å²) in [6.07, 6.45) is 0. The molecule has 2 rings (SSSR count). The summed E-state index contributed by atoms with van der Waals surface area (Å²) in [6, 6.07) is 7.39. The van der Waals surface area contributed by atoms with Gasteiger partial charge in [0.15, 0.2) is 0 Å². The van der Waals surface area contributed by atoms with Gasteiger partial charge in [-0.2, -0.15) is 0 Å². The maximum atomic E-state index is 6.05. The number of nitrogen functional groups attached to an aromatic ring is 1. The molecule has 1 aromatic heterocycles. The second-order valence-corrected chi connectivity index (χ2v) is 3.51. The molecule has 0 radical (unpaired) electrons. The fraction of sp³-hybridized carbons (Fsp3) is 0.100. The molecule has 0 unspecified atom stereocenters. The highest BCUT2D eigenvalue weighted by Crippen LogP contribution is 2.28. The first-order chi connectivity index (χ1) is 6.66. The number of nitrogens with zero attached hydrogens (tertiary/aromatic N) is 1. The number of benzene rings is 1. The minimum atomic E-state index is 0.289. The van der Waals surface area contributed by atoms with Crippen molar-refractivity contribution in [1.82, 2.24) is 5.16 Å². The monoisotopic (exact) mass is 208 g/mol. The Bertz CT molecular complexity index is 465. The van der Waals surface area contributed by atoms with Gasteiger partial charge in [-0.15, -0.1) is 0 Å². The Balaban J connectivity index is 2.52. The van der Waals surface area contributed by atoms with Gasteiger partial charge < -0.3 is 10.3 Å². The second-order valence-electron chi connectivity index (χ2n) is 3.10. The molecule has 0 aliphatic carbocycles. The van der Waals surface area contributed by atoms with E-state index in [2.05, 4.69) is 5.16 Å². The van der Waals surface area contributed by atoms with E-state index in [1.807, 2.05) is 25.1 Å². The van der Waals surface area contributed by atoms with Crippen LogP contribution in [0, 0.1) is 6.92 Å². The lowest BCUT2D eigenvalue weighted by Crippen LogP contribution is -1.80. The molecule has 4 heteroatoms. The van der Waals surface area contributed by atoms with Crippen LogP contribution in [0.5, 0.6) is 0 Å². The number of aryl methyl sites for hydroxylation is 1. The van der Waals surface area contributed by atoms with E-state index in [4.69, 9.17) is 21.9 Å². The molecule has 72 valence electrons. The summed E-state index contributed by atoms with van der Waals surface area (Å²) in [6.45, 7) is 1.98. The van der Waals surface area contributed by atoms with Crippen molar-refractivity contribution in [2.24, 2.45) is 0 Å². The smallest absolute Gasteiger partial charge is 0.222 e. The van der Waals surface area contributed by atoms with Gasteiger partial charge in [0.25, 0.3) is 0 Å². The van der Waals surface area contributed by atoms with E-state index in [0.29, 0.717) is 10.7 Å². The third-order valence-corrected chi connectivity index (χ3v) is 2.24. The topological polar surface area (TPSA) is 52.0 Å². The van der Waals surface area contributed by atoms with Gasteiger partial charge in [-0.1, -0.05) is 28.9 Å². The SMILES string of the molecule is Cc1ccc(-c2cc(N)on2)c(Cl)c1. The third kappa shape index (κ3) is 1.59. The van der Waals surface area contributed by atoms with E-state index in [9.17, 15) is 0 Å². The van der Waals surface area contributed by atoms with Crippen LogP contribution in [0.2, 0.25) is 5.02 Å². The number of hydrogen-bond donors (Lipinski definition) is 1. The highest BCUT2D eigenvalue weighted by Gasteiger charge is 2.07. The van der Waals surface area contributed by atoms with E-state index in [1.54, 1.807) is 6.07 Å². The van der Waals surface area contributed by atoms with E-state index in [-0.39, 0.29) is 5.88 Å². The lowest BCUT2D eigenvalue weighted by Gasteiger charge is -2.00. The summed E-state index contributed by atoms with van der Waals surface area (Å²) in [5.74, 6) is 0.289. The van der Waals surface area contributed by atoms with Crippen LogP contribution in [0.3, 0.4) is 0 Å². The maximum Gasteiger partial charge on any atom is 0.222 e. The van der Waals surface area contributed by atoms with Crippen LogP contribution in [0.1, 0.15) is 5.56 Å². The van der Waals surface area contributed by atoms with Gasteiger partial charge in [-0.25, -0.2) is 0 Å². The fourth-order valence-corrected chi connectivity index (χ4v) is 1.58. The van der Waals surface area contributed by atoms with Crippen molar-refractivity contribution in [2.75, 3.05) is 5.73 Å². The molecule has 0 bridgehead atoms. The highest BCUT2D eigenvalue weighted by atomic mass is 35.5. The molecule has 0 amide bonds. The van der Waals surface area contributed by atoms with E-state index in [0.717, 1.165) is 11.1 Å². The number of rotatable bonds is 1. The molecule has 3 nitrogen and oxygen atoms in total. The van der Waals surface area contributed by atoms with Crippen LogP contribution in [0.4, 0.5) is 5.88 Å². The maximum absolute atomic E-state index is 6.05. The summed E-state index contributed by atoms with van der Waals surface area (Å²) < 4.78 is 4.77. The van der Waals surface area contributed by atoms with Gasteiger partial charge in [-0.3, -0.25) is 0 Å². The van der Waals surface area contributed by atoms with Crippen molar-refractivity contribution in [3.8, 4) is 11.3 Å². The van der Waals surface area contributed by atoms with Crippen molar-refractivity contribution in [3.05, 3.63) is 34.9 Å². The zero-order valence-corrected chi connectivity index (χ0v) is 8.38. The molecule has 0 spiro atoms. The predicted octanol–water partition coefficient (Wildman–Crippen LogP) is 2.89. The summed E-state index contributed by atoms with van der Waals surface area (Å²) in [7, 11) is 0. The largest absolute Gasteiger partial charge is 0.368 e. The second kappa shape index (κ2) is 3.35. The van der Waals surface area contributed by atoms with E-state index < -0.39 is 0 Å². The van der Waals surface area contributed by atoms with Gasteiger partial charge in [0.2, 0.25) is 5.88 Å². The Morgan fingerprint density at radius 3 is 2.71 bits per heavy atom. The first-order valence-corrected chi connectivity index (χ1v) is 4.53. The van der Waals surface area contributed by atoms with Crippen LogP contribution in [0.15, 0.2) is 28.8 Å². The molecular weight excluding hydrogens is 200 g/mol. The average Bonchev–Trinajstić information content (AvgIpc) is 2.51. The Hall–Kier alpha value is -1.48. The molecule has 2 N–H and O–H groups in total. The molecule has 14 heavy (non-hydrogen) atoms. The normalized spacial score (nSPS) is 10.4. The molecule has 1 aromatic carbocycles. The molecule has 0 aliphatic rings. The van der Waals surface area contributed by atoms with Crippen LogP contribution in [0.25, 0.3) is 11.3 Å².